The molecule has 2 N–H and O–H groups in total. The third-order valence-electron chi connectivity index (χ3n) is 5.47. The van der Waals surface area contributed by atoms with Crippen LogP contribution in [0.3, 0.4) is 0 Å². The standard InChI is InChI=1S/C25H28N2O5/c1-3-13-27(14-4-2)24(30)22(15-23(28)29)26-25(31)32-16-21-19-11-7-5-9-17(19)18-10-6-8-12-20(18)21/h3,5-12,21-22H,1,4,13-16H2,2H3,(H,26,31)(H,28,29). The Morgan fingerprint density at radius 2 is 1.72 bits per heavy atom. The van der Waals surface area contributed by atoms with Gasteiger partial charge in [-0.3, -0.25) is 9.59 Å². The van der Waals surface area contributed by atoms with E-state index in [2.05, 4.69) is 11.9 Å². The van der Waals surface area contributed by atoms with E-state index in [1.54, 1.807) is 6.08 Å². The molecule has 1 aliphatic carbocycles. The third kappa shape index (κ3) is 5.17. The molecule has 2 aromatic rings. The van der Waals surface area contributed by atoms with Gasteiger partial charge >= 0.3 is 12.1 Å². The minimum Gasteiger partial charge on any atom is -0.481 e. The Bertz CT molecular complexity index is 958. The molecule has 2 aromatic carbocycles. The van der Waals surface area contributed by atoms with Crippen molar-refractivity contribution in [1.29, 1.82) is 0 Å². The lowest BCUT2D eigenvalue weighted by Crippen LogP contribution is -2.50. The number of ether oxygens (including phenoxy) is 1. The highest BCUT2D eigenvalue weighted by molar-refractivity contribution is 5.89. The van der Waals surface area contributed by atoms with Crippen molar-refractivity contribution in [2.24, 2.45) is 0 Å². The number of nitrogens with one attached hydrogen (secondary N) is 1. The summed E-state index contributed by atoms with van der Waals surface area (Å²) in [6.07, 6.45) is 0.921. The molecule has 1 aliphatic rings. The Morgan fingerprint density at radius 1 is 1.12 bits per heavy atom. The molecule has 0 radical (unpaired) electrons. The largest absolute Gasteiger partial charge is 0.481 e. The van der Waals surface area contributed by atoms with Crippen molar-refractivity contribution < 1.29 is 24.2 Å². The average Bonchev–Trinajstić information content (AvgIpc) is 3.10. The van der Waals surface area contributed by atoms with Gasteiger partial charge in [0.25, 0.3) is 0 Å². The van der Waals surface area contributed by atoms with Crippen LogP contribution in [-0.2, 0) is 14.3 Å². The molecule has 1 unspecified atom stereocenters. The van der Waals surface area contributed by atoms with Gasteiger partial charge in [0.1, 0.15) is 12.6 Å². The van der Waals surface area contributed by atoms with Crippen LogP contribution in [0.4, 0.5) is 4.79 Å². The van der Waals surface area contributed by atoms with E-state index < -0.39 is 30.4 Å². The molecule has 1 atom stereocenters. The van der Waals surface area contributed by atoms with Crippen LogP contribution in [-0.4, -0.2) is 53.7 Å². The Balaban J connectivity index is 1.70. The number of alkyl carbamates (subject to hydrolysis) is 1. The topological polar surface area (TPSA) is 95.9 Å². The lowest BCUT2D eigenvalue weighted by Gasteiger charge is -2.26. The first kappa shape index (κ1) is 23.1. The number of nitrogens with zero attached hydrogens (tertiary/aromatic N) is 1. The average molecular weight is 437 g/mol. The number of hydrogen-bond acceptors (Lipinski definition) is 4. The zero-order chi connectivity index (χ0) is 23.1. The molecule has 0 aromatic heterocycles. The fourth-order valence-electron chi connectivity index (χ4n) is 4.09. The number of carboxylic acid groups (broad SMARTS) is 1. The minimum atomic E-state index is -1.21. The van der Waals surface area contributed by atoms with Gasteiger partial charge in [-0.15, -0.1) is 6.58 Å². The van der Waals surface area contributed by atoms with Crippen LogP contribution in [0.25, 0.3) is 11.1 Å². The number of hydrogen-bond donors (Lipinski definition) is 2. The fraction of sp³-hybridized carbons (Fsp3) is 0.320. The van der Waals surface area contributed by atoms with E-state index in [1.165, 1.54) is 4.90 Å². The second-order valence-electron chi connectivity index (χ2n) is 7.69. The second kappa shape index (κ2) is 10.6. The SMILES string of the molecule is C=CCN(CCC)C(=O)C(CC(=O)O)NC(=O)OCC1c2ccccc2-c2ccccc21. The van der Waals surface area contributed by atoms with E-state index in [1.807, 2.05) is 55.5 Å². The summed E-state index contributed by atoms with van der Waals surface area (Å²) in [6, 6.07) is 14.7. The molecule has 2 amide bonds. The quantitative estimate of drug-likeness (QED) is 0.553. The van der Waals surface area contributed by atoms with Crippen LogP contribution < -0.4 is 5.32 Å². The van der Waals surface area contributed by atoms with Gasteiger partial charge in [-0.25, -0.2) is 4.79 Å². The Hall–Kier alpha value is -3.61. The normalized spacial score (nSPS) is 12.9. The highest BCUT2D eigenvalue weighted by Crippen LogP contribution is 2.44. The number of benzene rings is 2. The van der Waals surface area contributed by atoms with Crippen molar-refractivity contribution in [3.05, 3.63) is 72.3 Å². The lowest BCUT2D eigenvalue weighted by molar-refractivity contribution is -0.142. The van der Waals surface area contributed by atoms with Gasteiger partial charge in [0, 0.05) is 19.0 Å². The van der Waals surface area contributed by atoms with Crippen molar-refractivity contribution in [3.8, 4) is 11.1 Å². The predicted octanol–water partition coefficient (Wildman–Crippen LogP) is 3.79. The van der Waals surface area contributed by atoms with E-state index in [0.717, 1.165) is 22.3 Å². The summed E-state index contributed by atoms with van der Waals surface area (Å²) in [5.41, 5.74) is 4.35. The van der Waals surface area contributed by atoms with Crippen LogP contribution in [0.5, 0.6) is 0 Å². The van der Waals surface area contributed by atoms with Crippen molar-refractivity contribution >= 4 is 18.0 Å². The van der Waals surface area contributed by atoms with Crippen LogP contribution in [0.2, 0.25) is 0 Å². The van der Waals surface area contributed by atoms with Crippen LogP contribution in [0.1, 0.15) is 36.8 Å². The number of fused-ring (bicyclic) bond motifs is 3. The van der Waals surface area contributed by atoms with Gasteiger partial charge in [-0.2, -0.15) is 0 Å². The van der Waals surface area contributed by atoms with Crippen molar-refractivity contribution in [2.45, 2.75) is 31.7 Å². The summed E-state index contributed by atoms with van der Waals surface area (Å²) in [5, 5.41) is 11.7. The Morgan fingerprint density at radius 3 is 2.25 bits per heavy atom. The highest BCUT2D eigenvalue weighted by Gasteiger charge is 2.31. The van der Waals surface area contributed by atoms with E-state index in [-0.39, 0.29) is 19.1 Å². The summed E-state index contributed by atoms with van der Waals surface area (Å²) < 4.78 is 5.47. The number of rotatable bonds is 10. The van der Waals surface area contributed by atoms with Gasteiger partial charge in [0.2, 0.25) is 5.91 Å². The molecule has 3 rings (SSSR count). The summed E-state index contributed by atoms with van der Waals surface area (Å²) >= 11 is 0. The maximum atomic E-state index is 12.8. The van der Waals surface area contributed by atoms with E-state index >= 15 is 0 Å². The summed E-state index contributed by atoms with van der Waals surface area (Å²) in [5.74, 6) is -1.78. The molecular formula is C25H28N2O5. The Kier molecular flexibility index (Phi) is 7.65. The fourth-order valence-corrected chi connectivity index (χ4v) is 4.09. The predicted molar refractivity (Wildman–Crippen MR) is 121 cm³/mol. The van der Waals surface area contributed by atoms with E-state index in [0.29, 0.717) is 13.0 Å². The van der Waals surface area contributed by atoms with Crippen molar-refractivity contribution in [3.63, 3.8) is 0 Å². The number of carbonyl (C=O) groups is 3. The number of aliphatic carboxylic acids is 1. The molecule has 0 bridgehead atoms. The molecule has 0 saturated heterocycles. The van der Waals surface area contributed by atoms with Crippen molar-refractivity contribution in [2.75, 3.05) is 19.7 Å². The molecule has 0 spiro atoms. The molecular weight excluding hydrogens is 408 g/mol. The third-order valence-corrected chi connectivity index (χ3v) is 5.47. The van der Waals surface area contributed by atoms with Crippen LogP contribution in [0.15, 0.2) is 61.2 Å². The first-order valence-corrected chi connectivity index (χ1v) is 10.7. The molecule has 168 valence electrons. The summed E-state index contributed by atoms with van der Waals surface area (Å²) in [7, 11) is 0. The number of carboxylic acids is 1. The van der Waals surface area contributed by atoms with Crippen molar-refractivity contribution in [1.82, 2.24) is 10.2 Å². The first-order valence-electron chi connectivity index (χ1n) is 10.7. The summed E-state index contributed by atoms with van der Waals surface area (Å²) in [6.45, 7) is 6.34. The van der Waals surface area contributed by atoms with Gasteiger partial charge in [0.15, 0.2) is 0 Å². The van der Waals surface area contributed by atoms with E-state index in [4.69, 9.17) is 4.74 Å². The maximum absolute atomic E-state index is 12.8. The highest BCUT2D eigenvalue weighted by atomic mass is 16.5. The maximum Gasteiger partial charge on any atom is 0.407 e. The Labute approximate surface area is 187 Å². The monoisotopic (exact) mass is 436 g/mol. The molecule has 0 aliphatic heterocycles. The lowest BCUT2D eigenvalue weighted by atomic mass is 9.98. The molecule has 0 saturated carbocycles. The molecule has 7 heteroatoms. The zero-order valence-corrected chi connectivity index (χ0v) is 18.1. The smallest absolute Gasteiger partial charge is 0.407 e. The number of carbonyl (C=O) groups excluding carboxylic acids is 2. The minimum absolute atomic E-state index is 0.0825. The van der Waals surface area contributed by atoms with Gasteiger partial charge in [0.05, 0.1) is 6.42 Å². The molecule has 7 nitrogen and oxygen atoms in total. The van der Waals surface area contributed by atoms with Gasteiger partial charge in [-0.1, -0.05) is 61.5 Å². The molecule has 0 fully saturated rings. The zero-order valence-electron chi connectivity index (χ0n) is 18.1. The van der Waals surface area contributed by atoms with Crippen LogP contribution >= 0.6 is 0 Å². The van der Waals surface area contributed by atoms with E-state index in [9.17, 15) is 19.5 Å². The summed E-state index contributed by atoms with van der Waals surface area (Å²) in [4.78, 5) is 38.1. The second-order valence-corrected chi connectivity index (χ2v) is 7.69. The first-order chi connectivity index (χ1) is 15.5. The van der Waals surface area contributed by atoms with Gasteiger partial charge in [-0.05, 0) is 28.7 Å². The van der Waals surface area contributed by atoms with Crippen LogP contribution in [0, 0.1) is 0 Å². The number of amides is 2. The molecule has 0 heterocycles. The molecule has 32 heavy (non-hydrogen) atoms. The van der Waals surface area contributed by atoms with Gasteiger partial charge < -0.3 is 20.1 Å².